The zero-order valence-electron chi connectivity index (χ0n) is 15.4. The summed E-state index contributed by atoms with van der Waals surface area (Å²) in [6.45, 7) is 7.15. The third-order valence-corrected chi connectivity index (χ3v) is 5.76. The Hall–Kier alpha value is -0.600. The molecule has 142 valence electrons. The molecule has 5 nitrogen and oxygen atoms in total. The first-order chi connectivity index (χ1) is 11.7. The van der Waals surface area contributed by atoms with E-state index in [9.17, 15) is 4.79 Å². The minimum Gasteiger partial charge on any atom is -0.396 e. The molecule has 3 N–H and O–H groups in total. The summed E-state index contributed by atoms with van der Waals surface area (Å²) in [4.78, 5) is 12.6. The molecule has 1 amide bonds. The molecule has 0 saturated heterocycles. The summed E-state index contributed by atoms with van der Waals surface area (Å²) in [6, 6.07) is 7.73. The molecule has 7 heteroatoms. The van der Waals surface area contributed by atoms with E-state index in [1.165, 1.54) is 0 Å². The molecule has 1 rings (SSSR count). The largest absolute Gasteiger partial charge is 0.396 e. The molecule has 0 aliphatic rings. The second-order valence-corrected chi connectivity index (χ2v) is 9.00. The van der Waals surface area contributed by atoms with Crippen molar-refractivity contribution in [3.8, 4) is 0 Å². The van der Waals surface area contributed by atoms with Gasteiger partial charge < -0.3 is 9.84 Å². The van der Waals surface area contributed by atoms with Crippen LogP contribution in [-0.4, -0.2) is 49.4 Å². The SMILES string of the molecule is CNNC(=O)C(C)(COCC(C)(C)CSCCO)c1cccc(Br)c1. The Bertz CT molecular complexity index is 557. The van der Waals surface area contributed by atoms with Crippen molar-refractivity contribution in [2.24, 2.45) is 5.41 Å². The van der Waals surface area contributed by atoms with E-state index in [-0.39, 0.29) is 24.5 Å². The molecule has 0 aliphatic carbocycles. The Morgan fingerprint density at radius 2 is 2.04 bits per heavy atom. The van der Waals surface area contributed by atoms with Gasteiger partial charge in [0.05, 0.1) is 25.2 Å². The lowest BCUT2D eigenvalue weighted by atomic mass is 9.82. The second kappa shape index (κ2) is 10.5. The van der Waals surface area contributed by atoms with Crippen molar-refractivity contribution in [1.29, 1.82) is 0 Å². The van der Waals surface area contributed by atoms with Gasteiger partial charge in [0.25, 0.3) is 0 Å². The maximum atomic E-state index is 12.6. The van der Waals surface area contributed by atoms with Crippen molar-refractivity contribution in [2.45, 2.75) is 26.2 Å². The van der Waals surface area contributed by atoms with Crippen LogP contribution in [-0.2, 0) is 14.9 Å². The van der Waals surface area contributed by atoms with Gasteiger partial charge in [-0.3, -0.25) is 10.2 Å². The fourth-order valence-corrected chi connectivity index (χ4v) is 3.66. The average molecular weight is 433 g/mol. The normalized spacial score (nSPS) is 14.2. The fourth-order valence-electron chi connectivity index (χ4n) is 2.35. The van der Waals surface area contributed by atoms with Crippen LogP contribution in [0.4, 0.5) is 0 Å². The van der Waals surface area contributed by atoms with Gasteiger partial charge in [-0.2, -0.15) is 11.8 Å². The van der Waals surface area contributed by atoms with E-state index in [1.807, 2.05) is 31.2 Å². The molecular weight excluding hydrogens is 404 g/mol. The van der Waals surface area contributed by atoms with E-state index in [2.05, 4.69) is 40.6 Å². The van der Waals surface area contributed by atoms with Crippen molar-refractivity contribution in [2.75, 3.05) is 38.4 Å². The highest BCUT2D eigenvalue weighted by Crippen LogP contribution is 2.29. The van der Waals surface area contributed by atoms with Gasteiger partial charge in [-0.25, -0.2) is 5.43 Å². The number of aliphatic hydroxyl groups excluding tert-OH is 1. The van der Waals surface area contributed by atoms with Crippen LogP contribution in [0, 0.1) is 5.41 Å². The van der Waals surface area contributed by atoms with Crippen molar-refractivity contribution in [1.82, 2.24) is 10.9 Å². The van der Waals surface area contributed by atoms with E-state index < -0.39 is 5.41 Å². The molecule has 0 spiro atoms. The number of nitrogens with one attached hydrogen (secondary N) is 2. The van der Waals surface area contributed by atoms with Crippen LogP contribution in [0.3, 0.4) is 0 Å². The summed E-state index contributed by atoms with van der Waals surface area (Å²) >= 11 is 5.17. The zero-order valence-corrected chi connectivity index (χ0v) is 17.8. The molecule has 0 aromatic heterocycles. The number of hydrazine groups is 1. The van der Waals surface area contributed by atoms with Crippen molar-refractivity contribution < 1.29 is 14.6 Å². The summed E-state index contributed by atoms with van der Waals surface area (Å²) < 4.78 is 6.90. The number of ether oxygens (including phenoxy) is 1. The van der Waals surface area contributed by atoms with Crippen LogP contribution in [0.15, 0.2) is 28.7 Å². The molecule has 1 aromatic carbocycles. The van der Waals surface area contributed by atoms with Crippen molar-refractivity contribution in [3.63, 3.8) is 0 Å². The van der Waals surface area contributed by atoms with E-state index in [1.54, 1.807) is 18.8 Å². The van der Waals surface area contributed by atoms with Crippen LogP contribution in [0.25, 0.3) is 0 Å². The number of hydrogen-bond acceptors (Lipinski definition) is 5. The highest BCUT2D eigenvalue weighted by atomic mass is 79.9. The number of hydrogen-bond donors (Lipinski definition) is 3. The molecule has 0 aliphatic heterocycles. The predicted molar refractivity (Wildman–Crippen MR) is 108 cm³/mol. The first-order valence-electron chi connectivity index (χ1n) is 8.25. The number of aliphatic hydroxyl groups is 1. The zero-order chi connectivity index (χ0) is 18.9. The number of benzene rings is 1. The van der Waals surface area contributed by atoms with Gasteiger partial charge in [-0.05, 0) is 30.0 Å². The number of amides is 1. The van der Waals surface area contributed by atoms with Crippen LogP contribution >= 0.6 is 27.7 Å². The monoisotopic (exact) mass is 432 g/mol. The first kappa shape index (κ1) is 22.4. The first-order valence-corrected chi connectivity index (χ1v) is 10.2. The van der Waals surface area contributed by atoms with Gasteiger partial charge >= 0.3 is 0 Å². The van der Waals surface area contributed by atoms with Crippen LogP contribution < -0.4 is 10.9 Å². The molecule has 0 fully saturated rings. The molecule has 0 bridgehead atoms. The Morgan fingerprint density at radius 3 is 2.64 bits per heavy atom. The Morgan fingerprint density at radius 1 is 1.32 bits per heavy atom. The smallest absolute Gasteiger partial charge is 0.246 e. The van der Waals surface area contributed by atoms with E-state index >= 15 is 0 Å². The minimum atomic E-state index is -0.804. The van der Waals surface area contributed by atoms with Crippen molar-refractivity contribution >= 4 is 33.6 Å². The molecule has 1 atom stereocenters. The third-order valence-electron chi connectivity index (χ3n) is 3.81. The summed E-state index contributed by atoms with van der Waals surface area (Å²) in [6.07, 6.45) is 0. The number of rotatable bonds is 11. The molecule has 1 unspecified atom stereocenters. The predicted octanol–water partition coefficient (Wildman–Crippen LogP) is 2.73. The number of thioether (sulfide) groups is 1. The standard InChI is InChI=1S/C18H29BrN2O3S/c1-17(2,13-25-9-8-22)11-24-12-18(3,16(23)21-20-4)14-6-5-7-15(19)10-14/h5-7,10,20,22H,8-9,11-13H2,1-4H3,(H,21,23). The summed E-state index contributed by atoms with van der Waals surface area (Å²) in [5.74, 6) is 1.48. The van der Waals surface area contributed by atoms with E-state index in [0.29, 0.717) is 6.61 Å². The quantitative estimate of drug-likeness (QED) is 0.370. The maximum absolute atomic E-state index is 12.6. The van der Waals surface area contributed by atoms with Crippen LogP contribution in [0.5, 0.6) is 0 Å². The minimum absolute atomic E-state index is 0.0303. The summed E-state index contributed by atoms with van der Waals surface area (Å²) in [5, 5.41) is 8.90. The summed E-state index contributed by atoms with van der Waals surface area (Å²) in [7, 11) is 1.67. The highest BCUT2D eigenvalue weighted by Gasteiger charge is 2.36. The van der Waals surface area contributed by atoms with Gasteiger partial charge in [0.15, 0.2) is 0 Å². The van der Waals surface area contributed by atoms with E-state index in [4.69, 9.17) is 9.84 Å². The Labute approximate surface area is 163 Å². The van der Waals surface area contributed by atoms with Gasteiger partial charge in [0.2, 0.25) is 5.91 Å². The molecule has 0 saturated carbocycles. The van der Waals surface area contributed by atoms with Crippen LogP contribution in [0.2, 0.25) is 0 Å². The van der Waals surface area contributed by atoms with Gasteiger partial charge in [-0.15, -0.1) is 0 Å². The summed E-state index contributed by atoms with van der Waals surface area (Å²) in [5.41, 5.74) is 5.44. The lowest BCUT2D eigenvalue weighted by Crippen LogP contribution is -2.49. The maximum Gasteiger partial charge on any atom is 0.246 e. The number of carbonyl (C=O) groups is 1. The van der Waals surface area contributed by atoms with Gasteiger partial charge in [0, 0.05) is 23.0 Å². The fraction of sp³-hybridized carbons (Fsp3) is 0.611. The Balaban J connectivity index is 2.80. The molecule has 1 aromatic rings. The topological polar surface area (TPSA) is 70.6 Å². The average Bonchev–Trinajstić information content (AvgIpc) is 2.54. The van der Waals surface area contributed by atoms with Crippen LogP contribution in [0.1, 0.15) is 26.3 Å². The molecule has 25 heavy (non-hydrogen) atoms. The number of carbonyl (C=O) groups excluding carboxylic acids is 1. The Kier molecular flexibility index (Phi) is 9.45. The lowest BCUT2D eigenvalue weighted by Gasteiger charge is -2.31. The third kappa shape index (κ3) is 7.27. The van der Waals surface area contributed by atoms with Gasteiger partial charge in [-0.1, -0.05) is 41.9 Å². The molecule has 0 radical (unpaired) electrons. The highest BCUT2D eigenvalue weighted by molar-refractivity contribution is 9.10. The lowest BCUT2D eigenvalue weighted by molar-refractivity contribution is -0.130. The number of halogens is 1. The second-order valence-electron chi connectivity index (χ2n) is 6.98. The molecule has 0 heterocycles. The molecular formula is C18H29BrN2O3S. The van der Waals surface area contributed by atoms with Crippen molar-refractivity contribution in [3.05, 3.63) is 34.3 Å². The van der Waals surface area contributed by atoms with Gasteiger partial charge in [0.1, 0.15) is 0 Å². The van der Waals surface area contributed by atoms with E-state index in [0.717, 1.165) is 21.5 Å².